The number of hydrogen-bond donors (Lipinski definition) is 1. The lowest BCUT2D eigenvalue weighted by Crippen LogP contribution is -2.47. The Kier molecular flexibility index (Phi) is 7.15. The zero-order valence-corrected chi connectivity index (χ0v) is 17.7. The van der Waals surface area contributed by atoms with Crippen molar-refractivity contribution in [2.24, 2.45) is 0 Å². The summed E-state index contributed by atoms with van der Waals surface area (Å²) in [5, 5.41) is 3.25. The normalized spacial score (nSPS) is 12.2. The number of sulfonamides is 1. The van der Waals surface area contributed by atoms with Crippen molar-refractivity contribution in [1.82, 2.24) is 5.32 Å². The second-order valence-corrected chi connectivity index (χ2v) is 8.35. The highest BCUT2D eigenvalue weighted by Crippen LogP contribution is 2.33. The van der Waals surface area contributed by atoms with Crippen LogP contribution in [-0.4, -0.2) is 40.8 Å². The Labute approximate surface area is 170 Å². The van der Waals surface area contributed by atoms with Crippen LogP contribution in [0.1, 0.15) is 12.5 Å². The van der Waals surface area contributed by atoms with Gasteiger partial charge in [-0.3, -0.25) is 9.10 Å². The number of hydrogen-bond acceptors (Lipinski definition) is 5. The Balaban J connectivity index is 2.28. The van der Waals surface area contributed by atoms with Gasteiger partial charge >= 0.3 is 0 Å². The first-order chi connectivity index (χ1) is 13.2. The van der Waals surface area contributed by atoms with Gasteiger partial charge in [0.2, 0.25) is 15.9 Å². The highest BCUT2D eigenvalue weighted by molar-refractivity contribution is 7.92. The molecule has 1 N–H and O–H groups in total. The van der Waals surface area contributed by atoms with Crippen molar-refractivity contribution in [2.75, 3.05) is 24.8 Å². The molecule has 7 nitrogen and oxygen atoms in total. The van der Waals surface area contributed by atoms with Gasteiger partial charge in [-0.2, -0.15) is 0 Å². The van der Waals surface area contributed by atoms with Crippen LogP contribution in [0.2, 0.25) is 5.02 Å². The second-order valence-electron chi connectivity index (χ2n) is 6.08. The van der Waals surface area contributed by atoms with E-state index < -0.39 is 22.0 Å². The average Bonchev–Trinajstić information content (AvgIpc) is 2.65. The van der Waals surface area contributed by atoms with Crippen molar-refractivity contribution in [1.29, 1.82) is 0 Å². The maximum atomic E-state index is 12.7. The zero-order valence-electron chi connectivity index (χ0n) is 16.1. The molecule has 0 heterocycles. The largest absolute Gasteiger partial charge is 0.493 e. The Hall–Kier alpha value is -2.45. The smallest absolute Gasteiger partial charge is 0.243 e. The molecule has 9 heteroatoms. The summed E-state index contributed by atoms with van der Waals surface area (Å²) in [6, 6.07) is 10.8. The molecule has 1 amide bonds. The lowest BCUT2D eigenvalue weighted by Gasteiger charge is -2.28. The van der Waals surface area contributed by atoms with E-state index in [0.29, 0.717) is 22.2 Å². The van der Waals surface area contributed by atoms with Crippen molar-refractivity contribution in [3.8, 4) is 11.5 Å². The van der Waals surface area contributed by atoms with Gasteiger partial charge in [-0.15, -0.1) is 0 Å². The summed E-state index contributed by atoms with van der Waals surface area (Å²) >= 11 is 6.10. The molecule has 2 aromatic carbocycles. The number of ether oxygens (including phenoxy) is 2. The molecule has 0 bridgehead atoms. The first-order valence-corrected chi connectivity index (χ1v) is 10.6. The quantitative estimate of drug-likeness (QED) is 0.701. The molecule has 0 aliphatic rings. The van der Waals surface area contributed by atoms with Gasteiger partial charge in [-0.25, -0.2) is 8.42 Å². The van der Waals surface area contributed by atoms with Crippen LogP contribution in [0.4, 0.5) is 5.69 Å². The zero-order chi connectivity index (χ0) is 20.9. The maximum absolute atomic E-state index is 12.7. The summed E-state index contributed by atoms with van der Waals surface area (Å²) in [7, 11) is -0.814. The van der Waals surface area contributed by atoms with E-state index in [9.17, 15) is 13.2 Å². The topological polar surface area (TPSA) is 84.9 Å². The average molecular weight is 427 g/mol. The van der Waals surface area contributed by atoms with E-state index in [-0.39, 0.29) is 6.54 Å². The fourth-order valence-corrected chi connectivity index (χ4v) is 4.11. The fourth-order valence-electron chi connectivity index (χ4n) is 2.74. The van der Waals surface area contributed by atoms with Crippen LogP contribution in [-0.2, 0) is 21.4 Å². The van der Waals surface area contributed by atoms with Crippen molar-refractivity contribution >= 4 is 33.2 Å². The minimum atomic E-state index is -3.75. The third-order valence-corrected chi connectivity index (χ3v) is 5.73. The minimum absolute atomic E-state index is 0.187. The van der Waals surface area contributed by atoms with E-state index in [1.165, 1.54) is 27.2 Å². The molecule has 0 saturated heterocycles. The molecule has 0 radical (unpaired) electrons. The molecule has 2 rings (SSSR count). The third-order valence-electron chi connectivity index (χ3n) is 4.12. The van der Waals surface area contributed by atoms with Crippen molar-refractivity contribution in [3.05, 3.63) is 53.1 Å². The summed E-state index contributed by atoms with van der Waals surface area (Å²) in [5.41, 5.74) is 1.03. The SMILES string of the molecule is COc1ccc(N([C@@H](C)C(=O)NCc2ccccc2Cl)S(C)(=O)=O)cc1OC. The maximum Gasteiger partial charge on any atom is 0.243 e. The number of carbonyl (C=O) groups is 1. The third kappa shape index (κ3) is 5.08. The lowest BCUT2D eigenvalue weighted by atomic mass is 10.2. The molecule has 152 valence electrons. The van der Waals surface area contributed by atoms with E-state index in [2.05, 4.69) is 5.32 Å². The number of amides is 1. The summed E-state index contributed by atoms with van der Waals surface area (Å²) in [6.45, 7) is 1.70. The van der Waals surface area contributed by atoms with Crippen LogP contribution < -0.4 is 19.1 Å². The highest BCUT2D eigenvalue weighted by Gasteiger charge is 2.29. The minimum Gasteiger partial charge on any atom is -0.493 e. The number of nitrogens with one attached hydrogen (secondary N) is 1. The number of rotatable bonds is 8. The Morgan fingerprint density at radius 2 is 1.79 bits per heavy atom. The van der Waals surface area contributed by atoms with Crippen LogP contribution in [0.25, 0.3) is 0 Å². The monoisotopic (exact) mass is 426 g/mol. The van der Waals surface area contributed by atoms with Gasteiger partial charge in [-0.05, 0) is 30.7 Å². The standard InChI is InChI=1S/C19H23ClN2O5S/c1-13(19(23)21-12-14-7-5-6-8-16(14)20)22(28(4,24)25)15-9-10-17(26-2)18(11-15)27-3/h5-11,13H,12H2,1-4H3,(H,21,23)/t13-/m0/s1. The molecule has 0 saturated carbocycles. The molecule has 1 atom stereocenters. The van der Waals surface area contributed by atoms with Gasteiger partial charge in [0.15, 0.2) is 11.5 Å². The van der Waals surface area contributed by atoms with E-state index in [1.54, 1.807) is 30.3 Å². The molecule has 0 aliphatic carbocycles. The van der Waals surface area contributed by atoms with Gasteiger partial charge in [0, 0.05) is 17.6 Å². The van der Waals surface area contributed by atoms with Gasteiger partial charge in [0.05, 0.1) is 26.2 Å². The van der Waals surface area contributed by atoms with Crippen LogP contribution >= 0.6 is 11.6 Å². The highest BCUT2D eigenvalue weighted by atomic mass is 35.5. The van der Waals surface area contributed by atoms with Crippen LogP contribution in [0.3, 0.4) is 0 Å². The molecule has 0 fully saturated rings. The molecule has 0 spiro atoms. The summed E-state index contributed by atoms with van der Waals surface area (Å²) in [5.74, 6) is 0.355. The van der Waals surface area contributed by atoms with Crippen LogP contribution in [0.15, 0.2) is 42.5 Å². The van der Waals surface area contributed by atoms with E-state index in [1.807, 2.05) is 6.07 Å². The predicted molar refractivity (Wildman–Crippen MR) is 110 cm³/mol. The van der Waals surface area contributed by atoms with Crippen LogP contribution in [0, 0.1) is 0 Å². The first kappa shape index (κ1) is 21.8. The van der Waals surface area contributed by atoms with E-state index >= 15 is 0 Å². The number of carbonyl (C=O) groups excluding carboxylic acids is 1. The molecule has 28 heavy (non-hydrogen) atoms. The first-order valence-electron chi connectivity index (χ1n) is 8.41. The van der Waals surface area contributed by atoms with Gasteiger partial charge in [0.1, 0.15) is 6.04 Å². The van der Waals surface area contributed by atoms with Gasteiger partial charge in [0.25, 0.3) is 0 Å². The number of anilines is 1. The fraction of sp³-hybridized carbons (Fsp3) is 0.316. The molecular formula is C19H23ClN2O5S. The van der Waals surface area contributed by atoms with E-state index in [4.69, 9.17) is 21.1 Å². The number of halogens is 1. The number of nitrogens with zero attached hydrogens (tertiary/aromatic N) is 1. The van der Waals surface area contributed by atoms with Crippen molar-refractivity contribution in [2.45, 2.75) is 19.5 Å². The van der Waals surface area contributed by atoms with Gasteiger partial charge < -0.3 is 14.8 Å². The summed E-state index contributed by atoms with van der Waals surface area (Å²) < 4.78 is 36.3. The molecule has 2 aromatic rings. The Morgan fingerprint density at radius 1 is 1.14 bits per heavy atom. The summed E-state index contributed by atoms with van der Waals surface area (Å²) in [4.78, 5) is 12.7. The van der Waals surface area contributed by atoms with E-state index in [0.717, 1.165) is 16.1 Å². The molecule has 0 unspecified atom stereocenters. The van der Waals surface area contributed by atoms with Crippen molar-refractivity contribution < 1.29 is 22.7 Å². The summed E-state index contributed by atoms with van der Waals surface area (Å²) in [6.07, 6.45) is 1.04. The van der Waals surface area contributed by atoms with Gasteiger partial charge in [-0.1, -0.05) is 29.8 Å². The number of methoxy groups -OCH3 is 2. The molecule has 0 aromatic heterocycles. The molecule has 0 aliphatic heterocycles. The van der Waals surface area contributed by atoms with Crippen molar-refractivity contribution in [3.63, 3.8) is 0 Å². The Bertz CT molecular complexity index is 949. The second kappa shape index (κ2) is 9.16. The predicted octanol–water partition coefficient (Wildman–Crippen LogP) is 2.83. The Morgan fingerprint density at radius 3 is 2.36 bits per heavy atom. The molecular weight excluding hydrogens is 404 g/mol. The van der Waals surface area contributed by atoms with Crippen LogP contribution in [0.5, 0.6) is 11.5 Å². The number of benzene rings is 2. The lowest BCUT2D eigenvalue weighted by molar-refractivity contribution is -0.122.